The molecule has 1 aromatic rings. The average Bonchev–Trinajstić information content (AvgIpc) is 3.00. The minimum absolute atomic E-state index is 0.0403. The van der Waals surface area contributed by atoms with Crippen molar-refractivity contribution in [1.82, 2.24) is 0 Å². The van der Waals surface area contributed by atoms with E-state index in [9.17, 15) is 9.90 Å². The van der Waals surface area contributed by atoms with Crippen molar-refractivity contribution in [2.75, 3.05) is 0 Å². The van der Waals surface area contributed by atoms with E-state index in [0.717, 1.165) is 44.9 Å². The number of hydrogen-bond acceptors (Lipinski definition) is 3. The molecule has 2 aliphatic rings. The van der Waals surface area contributed by atoms with Gasteiger partial charge >= 0.3 is 5.97 Å². The molecule has 0 radical (unpaired) electrons. The van der Waals surface area contributed by atoms with Crippen molar-refractivity contribution in [2.24, 2.45) is 5.92 Å². The average molecular weight is 288 g/mol. The zero-order valence-electron chi connectivity index (χ0n) is 12.4. The molecule has 1 aromatic carbocycles. The summed E-state index contributed by atoms with van der Waals surface area (Å²) in [6, 6.07) is 10.3. The maximum Gasteiger partial charge on any atom is 0.309 e. The Morgan fingerprint density at radius 3 is 2.52 bits per heavy atom. The summed E-state index contributed by atoms with van der Waals surface area (Å²) in [5.41, 5.74) is 1.24. The Morgan fingerprint density at radius 1 is 1.00 bits per heavy atom. The number of carbonyl (C=O) groups excluding carboxylic acids is 1. The van der Waals surface area contributed by atoms with E-state index in [0.29, 0.717) is 0 Å². The van der Waals surface area contributed by atoms with Gasteiger partial charge in [-0.05, 0) is 43.6 Å². The van der Waals surface area contributed by atoms with Gasteiger partial charge in [-0.2, -0.15) is 0 Å². The molecule has 2 aliphatic carbocycles. The maximum atomic E-state index is 12.5. The van der Waals surface area contributed by atoms with Gasteiger partial charge in [-0.15, -0.1) is 0 Å². The minimum atomic E-state index is -0.473. The van der Waals surface area contributed by atoms with Crippen LogP contribution in [-0.2, 0) is 9.53 Å². The molecule has 0 amide bonds. The summed E-state index contributed by atoms with van der Waals surface area (Å²) in [6.07, 6.45) is 5.90. The zero-order chi connectivity index (χ0) is 14.7. The second-order valence-corrected chi connectivity index (χ2v) is 6.38. The molecule has 1 N–H and O–H groups in total. The van der Waals surface area contributed by atoms with Crippen LogP contribution in [0, 0.1) is 5.92 Å². The summed E-state index contributed by atoms with van der Waals surface area (Å²) < 4.78 is 5.65. The highest BCUT2D eigenvalue weighted by Gasteiger charge is 2.37. The lowest BCUT2D eigenvalue weighted by Gasteiger charge is -2.29. The quantitative estimate of drug-likeness (QED) is 0.867. The molecule has 21 heavy (non-hydrogen) atoms. The van der Waals surface area contributed by atoms with Crippen molar-refractivity contribution in [3.63, 3.8) is 0 Å². The Morgan fingerprint density at radius 2 is 1.76 bits per heavy atom. The fourth-order valence-corrected chi connectivity index (χ4v) is 3.79. The van der Waals surface area contributed by atoms with Crippen molar-refractivity contribution >= 4 is 5.97 Å². The minimum Gasteiger partial charge on any atom is -0.459 e. The molecular formula is C18H24O3. The molecule has 0 saturated heterocycles. The first-order valence-electron chi connectivity index (χ1n) is 8.19. The van der Waals surface area contributed by atoms with Gasteiger partial charge < -0.3 is 9.84 Å². The number of benzene rings is 1. The lowest BCUT2D eigenvalue weighted by atomic mass is 9.88. The molecule has 114 valence electrons. The van der Waals surface area contributed by atoms with E-state index < -0.39 is 6.10 Å². The third-order valence-electron chi connectivity index (χ3n) is 4.98. The van der Waals surface area contributed by atoms with Gasteiger partial charge in [0.1, 0.15) is 6.10 Å². The smallest absolute Gasteiger partial charge is 0.309 e. The largest absolute Gasteiger partial charge is 0.459 e. The Hall–Kier alpha value is -1.35. The van der Waals surface area contributed by atoms with Crippen molar-refractivity contribution < 1.29 is 14.6 Å². The third-order valence-corrected chi connectivity index (χ3v) is 4.98. The predicted octanol–water partition coefficient (Wildman–Crippen LogP) is 3.42. The molecular weight excluding hydrogens is 264 g/mol. The van der Waals surface area contributed by atoms with E-state index in [-0.39, 0.29) is 23.9 Å². The monoisotopic (exact) mass is 288 g/mol. The summed E-state index contributed by atoms with van der Waals surface area (Å²) in [6.45, 7) is 0. The number of ether oxygens (including phenoxy) is 1. The van der Waals surface area contributed by atoms with Gasteiger partial charge in [-0.3, -0.25) is 4.79 Å². The van der Waals surface area contributed by atoms with Crippen LogP contribution < -0.4 is 0 Å². The topological polar surface area (TPSA) is 46.5 Å². The molecule has 3 heteroatoms. The van der Waals surface area contributed by atoms with Gasteiger partial charge in [0.05, 0.1) is 12.0 Å². The van der Waals surface area contributed by atoms with Crippen molar-refractivity contribution in [3.8, 4) is 0 Å². The Kier molecular flexibility index (Phi) is 4.59. The molecule has 0 aliphatic heterocycles. The molecule has 3 rings (SSSR count). The highest BCUT2D eigenvalue weighted by atomic mass is 16.6. The van der Waals surface area contributed by atoms with Crippen molar-refractivity contribution in [2.45, 2.75) is 63.1 Å². The second-order valence-electron chi connectivity index (χ2n) is 6.38. The molecule has 2 fully saturated rings. The standard InChI is InChI=1S/C18H24O3/c19-16-11-4-5-12-17(16)21-18(20)15-10-6-9-14(15)13-7-2-1-3-8-13/h1-3,7-8,14-17,19H,4-6,9-12H2/t14-,15+,16+,17+/m0/s1. The van der Waals surface area contributed by atoms with E-state index >= 15 is 0 Å². The third kappa shape index (κ3) is 3.29. The van der Waals surface area contributed by atoms with Gasteiger partial charge in [0.2, 0.25) is 0 Å². The van der Waals surface area contributed by atoms with E-state index in [4.69, 9.17) is 4.74 Å². The molecule has 2 saturated carbocycles. The van der Waals surface area contributed by atoms with Gasteiger partial charge in [-0.1, -0.05) is 43.2 Å². The molecule has 3 nitrogen and oxygen atoms in total. The van der Waals surface area contributed by atoms with Crippen LogP contribution in [-0.4, -0.2) is 23.3 Å². The number of esters is 1. The van der Waals surface area contributed by atoms with E-state index in [1.807, 2.05) is 18.2 Å². The SMILES string of the molecule is O=C(O[C@@H]1CCCC[C@H]1O)[C@@H]1CCC[C@H]1c1ccccc1. The van der Waals surface area contributed by atoms with Crippen LogP contribution in [0.15, 0.2) is 30.3 Å². The van der Waals surface area contributed by atoms with E-state index in [2.05, 4.69) is 12.1 Å². The lowest BCUT2D eigenvalue weighted by molar-refractivity contribution is -0.162. The molecule has 0 spiro atoms. The van der Waals surface area contributed by atoms with Gasteiger partial charge in [0.15, 0.2) is 0 Å². The van der Waals surface area contributed by atoms with Crippen LogP contribution in [0.3, 0.4) is 0 Å². The highest BCUT2D eigenvalue weighted by Crippen LogP contribution is 2.40. The van der Waals surface area contributed by atoms with Crippen LogP contribution in [0.1, 0.15) is 56.4 Å². The van der Waals surface area contributed by atoms with Crippen LogP contribution in [0.2, 0.25) is 0 Å². The number of aliphatic hydroxyl groups is 1. The van der Waals surface area contributed by atoms with Crippen LogP contribution >= 0.6 is 0 Å². The molecule has 0 bridgehead atoms. The first kappa shape index (κ1) is 14.6. The fourth-order valence-electron chi connectivity index (χ4n) is 3.79. The van der Waals surface area contributed by atoms with E-state index in [1.165, 1.54) is 5.56 Å². The van der Waals surface area contributed by atoms with Gasteiger partial charge in [0, 0.05) is 0 Å². The molecule has 4 atom stereocenters. The predicted molar refractivity (Wildman–Crippen MR) is 80.9 cm³/mol. The number of aliphatic hydroxyl groups excluding tert-OH is 1. The number of rotatable bonds is 3. The van der Waals surface area contributed by atoms with Gasteiger partial charge in [0.25, 0.3) is 0 Å². The number of hydrogen-bond donors (Lipinski definition) is 1. The number of carbonyl (C=O) groups is 1. The summed E-state index contributed by atoms with van der Waals surface area (Å²) >= 11 is 0. The lowest BCUT2D eigenvalue weighted by Crippen LogP contribution is -2.36. The summed E-state index contributed by atoms with van der Waals surface area (Å²) in [5.74, 6) is 0.133. The second kappa shape index (κ2) is 6.61. The summed E-state index contributed by atoms with van der Waals surface area (Å²) in [5, 5.41) is 9.97. The molecule has 0 heterocycles. The summed E-state index contributed by atoms with van der Waals surface area (Å²) in [4.78, 5) is 12.5. The molecule has 0 aromatic heterocycles. The zero-order valence-corrected chi connectivity index (χ0v) is 12.4. The summed E-state index contributed by atoms with van der Waals surface area (Å²) in [7, 11) is 0. The first-order valence-corrected chi connectivity index (χ1v) is 8.19. The Balaban J connectivity index is 1.66. The Bertz CT molecular complexity index is 471. The highest BCUT2D eigenvalue weighted by molar-refractivity contribution is 5.74. The fraction of sp³-hybridized carbons (Fsp3) is 0.611. The van der Waals surface area contributed by atoms with Crippen molar-refractivity contribution in [3.05, 3.63) is 35.9 Å². The Labute approximate surface area is 126 Å². The van der Waals surface area contributed by atoms with Crippen LogP contribution in [0.5, 0.6) is 0 Å². The molecule has 0 unspecified atom stereocenters. The van der Waals surface area contributed by atoms with Crippen LogP contribution in [0.25, 0.3) is 0 Å². The maximum absolute atomic E-state index is 12.5. The normalized spacial score (nSPS) is 32.8. The van der Waals surface area contributed by atoms with E-state index in [1.54, 1.807) is 0 Å². The van der Waals surface area contributed by atoms with Crippen LogP contribution in [0.4, 0.5) is 0 Å². The van der Waals surface area contributed by atoms with Crippen molar-refractivity contribution in [1.29, 1.82) is 0 Å². The van der Waals surface area contributed by atoms with Gasteiger partial charge in [-0.25, -0.2) is 0 Å². The first-order chi connectivity index (χ1) is 10.3.